The molecule has 2 aliphatic heterocycles. The lowest BCUT2D eigenvalue weighted by Gasteiger charge is -2.45. The molecule has 3 aliphatic carbocycles. The number of nitrogens with zero attached hydrogens (tertiary/aromatic N) is 1. The zero-order chi connectivity index (χ0) is 28.4. The van der Waals surface area contributed by atoms with Gasteiger partial charge in [0.05, 0.1) is 28.1 Å². The fraction of sp³-hybridized carbons (Fsp3) is 0.515. The maximum atomic E-state index is 13.6. The second kappa shape index (κ2) is 10.4. The number of aliphatic hydroxyl groups excluding tert-OH is 1. The normalized spacial score (nSPS) is 37.2. The minimum Gasteiger partial charge on any atom is -0.490 e. The largest absolute Gasteiger partial charge is 0.490 e. The van der Waals surface area contributed by atoms with Gasteiger partial charge in [-0.1, -0.05) is 29.8 Å². The number of anilines is 1. The molecule has 41 heavy (non-hydrogen) atoms. The Balaban J connectivity index is 1.29. The maximum absolute atomic E-state index is 13.6. The van der Waals surface area contributed by atoms with Crippen LogP contribution in [0.15, 0.2) is 48.6 Å². The topological polar surface area (TPSA) is 78.9 Å². The number of aliphatic hydroxyl groups is 1. The fourth-order valence-electron chi connectivity index (χ4n) is 7.95. The third-order valence-corrected chi connectivity index (χ3v) is 12.9. The predicted molar refractivity (Wildman–Crippen MR) is 165 cm³/mol. The van der Waals surface area contributed by atoms with Crippen molar-refractivity contribution in [2.24, 2.45) is 17.8 Å². The number of hydrogen-bond acceptors (Lipinski definition) is 5. The van der Waals surface area contributed by atoms with Crippen LogP contribution in [-0.2, 0) is 21.5 Å². The van der Waals surface area contributed by atoms with Crippen LogP contribution in [0.1, 0.15) is 66.4 Å². The standard InChI is InChI=1S/C33H39ClN2O4S/c1-41(39)31-14-9-21(31)4-2-6-29(37)26-11-7-24(26)18-36-19-33(15-3-5-22-16-25(34)10-12-27(22)33)20-40-30-13-8-23(17-28(30)36)32(38)35-41/h2,6,8,10,12-13,16-17,21,24,26,29,31,37H,1,3-5,7,9,11,14-15,18-20H2,(H,35,38,39)/b6-2+/t21-,24+,26-,29+,31-,33+,41?/m1/s1. The minimum absolute atomic E-state index is 0.155. The molecule has 2 bridgehead atoms. The Hall–Kier alpha value is -2.48. The molecule has 5 aliphatic rings. The summed E-state index contributed by atoms with van der Waals surface area (Å²) in [5.74, 6) is 5.13. The van der Waals surface area contributed by atoms with Crippen molar-refractivity contribution in [1.29, 1.82) is 0 Å². The van der Waals surface area contributed by atoms with E-state index in [0.717, 1.165) is 80.9 Å². The summed E-state index contributed by atoms with van der Waals surface area (Å²) in [6.45, 7) is 2.08. The summed E-state index contributed by atoms with van der Waals surface area (Å²) < 4.78 is 23.0. The molecule has 2 N–H and O–H groups in total. The van der Waals surface area contributed by atoms with Gasteiger partial charge < -0.3 is 14.7 Å². The predicted octanol–water partition coefficient (Wildman–Crippen LogP) is 5.30. The molecule has 218 valence electrons. The Morgan fingerprint density at radius 2 is 1.98 bits per heavy atom. The van der Waals surface area contributed by atoms with Gasteiger partial charge in [-0.05, 0) is 116 Å². The van der Waals surface area contributed by atoms with Gasteiger partial charge in [0.15, 0.2) is 0 Å². The molecule has 1 amide bonds. The van der Waals surface area contributed by atoms with E-state index in [-0.39, 0.29) is 28.4 Å². The molecule has 2 heterocycles. The highest BCUT2D eigenvalue weighted by atomic mass is 35.5. The van der Waals surface area contributed by atoms with Gasteiger partial charge in [-0.15, -0.1) is 0 Å². The van der Waals surface area contributed by atoms with Crippen molar-refractivity contribution in [1.82, 2.24) is 4.72 Å². The number of carbonyl (C=O) groups is 1. The molecule has 0 saturated heterocycles. The lowest BCUT2D eigenvalue weighted by Crippen LogP contribution is -2.49. The number of carbonyl (C=O) groups excluding carboxylic acids is 1. The monoisotopic (exact) mass is 594 g/mol. The summed E-state index contributed by atoms with van der Waals surface area (Å²) in [6.07, 6.45) is 11.1. The molecule has 6 nitrogen and oxygen atoms in total. The molecule has 1 spiro atoms. The van der Waals surface area contributed by atoms with Crippen LogP contribution < -0.4 is 14.4 Å². The quantitative estimate of drug-likeness (QED) is 0.320. The van der Waals surface area contributed by atoms with E-state index in [9.17, 15) is 14.1 Å². The van der Waals surface area contributed by atoms with E-state index >= 15 is 0 Å². The van der Waals surface area contributed by atoms with E-state index in [0.29, 0.717) is 18.1 Å². The first kappa shape index (κ1) is 27.4. The van der Waals surface area contributed by atoms with Gasteiger partial charge >= 0.3 is 0 Å². The van der Waals surface area contributed by atoms with Crippen molar-refractivity contribution < 1.29 is 18.8 Å². The van der Waals surface area contributed by atoms with Gasteiger partial charge in [0.25, 0.3) is 5.91 Å². The highest BCUT2D eigenvalue weighted by Gasteiger charge is 2.44. The summed E-state index contributed by atoms with van der Waals surface area (Å²) in [4.78, 5) is 15.9. The first-order valence-corrected chi connectivity index (χ1v) is 17.2. The van der Waals surface area contributed by atoms with Gasteiger partial charge in [-0.25, -0.2) is 4.21 Å². The maximum Gasteiger partial charge on any atom is 0.262 e. The molecule has 0 aromatic heterocycles. The van der Waals surface area contributed by atoms with E-state index in [2.05, 4.69) is 33.7 Å². The average Bonchev–Trinajstić information content (AvgIpc) is 3.04. The Bertz CT molecular complexity index is 1510. The van der Waals surface area contributed by atoms with Crippen LogP contribution in [-0.4, -0.2) is 52.1 Å². The van der Waals surface area contributed by atoms with Crippen molar-refractivity contribution >= 4 is 38.8 Å². The number of allylic oxidation sites excluding steroid dienone is 1. The van der Waals surface area contributed by atoms with Crippen LogP contribution in [0.4, 0.5) is 5.69 Å². The first-order chi connectivity index (χ1) is 19.7. The third-order valence-electron chi connectivity index (χ3n) is 10.5. The minimum atomic E-state index is -2.82. The lowest BCUT2D eigenvalue weighted by molar-refractivity contribution is 0.0455. The van der Waals surface area contributed by atoms with Crippen LogP contribution in [0.2, 0.25) is 5.02 Å². The second-order valence-electron chi connectivity index (χ2n) is 13.0. The van der Waals surface area contributed by atoms with Gasteiger partial charge in [-0.2, -0.15) is 0 Å². The number of fused-ring (bicyclic) bond motifs is 5. The number of amides is 1. The molecule has 7 rings (SSSR count). The van der Waals surface area contributed by atoms with Gasteiger partial charge in [0.2, 0.25) is 0 Å². The molecule has 8 heteroatoms. The van der Waals surface area contributed by atoms with E-state index in [1.165, 1.54) is 11.1 Å². The van der Waals surface area contributed by atoms with Crippen molar-refractivity contribution in [3.05, 3.63) is 70.3 Å². The Kier molecular flexibility index (Phi) is 6.91. The van der Waals surface area contributed by atoms with Crippen LogP contribution in [0.25, 0.3) is 0 Å². The Labute approximate surface area is 248 Å². The van der Waals surface area contributed by atoms with Crippen molar-refractivity contribution in [2.75, 3.05) is 24.6 Å². The fourth-order valence-corrected chi connectivity index (χ4v) is 10.1. The zero-order valence-corrected chi connectivity index (χ0v) is 25.0. The Morgan fingerprint density at radius 3 is 2.76 bits per heavy atom. The summed E-state index contributed by atoms with van der Waals surface area (Å²) in [5.41, 5.74) is 3.73. The zero-order valence-electron chi connectivity index (χ0n) is 23.4. The van der Waals surface area contributed by atoms with Crippen molar-refractivity contribution in [3.8, 4) is 5.75 Å². The summed E-state index contributed by atoms with van der Waals surface area (Å²) in [6, 6.07) is 11.8. The highest BCUT2D eigenvalue weighted by Crippen LogP contribution is 2.47. The highest BCUT2D eigenvalue weighted by molar-refractivity contribution is 7.99. The van der Waals surface area contributed by atoms with E-state index in [1.54, 1.807) is 6.07 Å². The number of hydrogen-bond donors (Lipinski definition) is 2. The lowest BCUT2D eigenvalue weighted by atomic mass is 9.68. The summed E-state index contributed by atoms with van der Waals surface area (Å²) in [5, 5.41) is 11.8. The molecule has 2 aromatic rings. The van der Waals surface area contributed by atoms with E-state index in [1.807, 2.05) is 24.3 Å². The van der Waals surface area contributed by atoms with Crippen LogP contribution in [0.5, 0.6) is 5.75 Å². The molecule has 2 fully saturated rings. The number of rotatable bonds is 0. The molecule has 7 atom stereocenters. The number of ether oxygens (including phenoxy) is 1. The SMILES string of the molecule is C=S1(=O)NC(=O)c2ccc3c(c2)N(C[C@@H]2CC[C@H]2[C@@H](O)/C=C/C[C@@H]2CC[C@H]21)C[C@@]1(CCCc2cc(Cl)ccc21)CO3. The van der Waals surface area contributed by atoms with E-state index < -0.39 is 15.8 Å². The third kappa shape index (κ3) is 4.88. The number of halogens is 1. The van der Waals surface area contributed by atoms with Crippen LogP contribution >= 0.6 is 11.6 Å². The molecule has 2 saturated carbocycles. The summed E-state index contributed by atoms with van der Waals surface area (Å²) >= 11 is 6.40. The Morgan fingerprint density at radius 1 is 1.12 bits per heavy atom. The average molecular weight is 595 g/mol. The molecular weight excluding hydrogens is 556 g/mol. The van der Waals surface area contributed by atoms with Crippen LogP contribution in [0, 0.1) is 17.8 Å². The van der Waals surface area contributed by atoms with Gasteiger partial charge in [0.1, 0.15) is 5.75 Å². The van der Waals surface area contributed by atoms with Crippen molar-refractivity contribution in [2.45, 2.75) is 68.1 Å². The number of benzene rings is 2. The van der Waals surface area contributed by atoms with Crippen molar-refractivity contribution in [3.63, 3.8) is 0 Å². The number of aryl methyl sites for hydroxylation is 1. The second-order valence-corrected chi connectivity index (χ2v) is 15.7. The van der Waals surface area contributed by atoms with Crippen LogP contribution in [0.3, 0.4) is 0 Å². The molecule has 0 radical (unpaired) electrons. The number of nitrogens with one attached hydrogen (secondary N) is 1. The van der Waals surface area contributed by atoms with E-state index in [4.69, 9.17) is 16.3 Å². The van der Waals surface area contributed by atoms with Gasteiger partial charge in [-0.3, -0.25) is 9.52 Å². The molecular formula is C33H39ClN2O4S. The molecule has 2 aromatic carbocycles. The molecule has 1 unspecified atom stereocenters. The smallest absolute Gasteiger partial charge is 0.262 e. The van der Waals surface area contributed by atoms with Gasteiger partial charge in [0, 0.05) is 34.3 Å². The summed E-state index contributed by atoms with van der Waals surface area (Å²) in [7, 11) is -2.82. The first-order valence-electron chi connectivity index (χ1n) is 15.1.